The van der Waals surface area contributed by atoms with E-state index >= 15 is 0 Å². The number of hydrogen-bond donors (Lipinski definition) is 0. The molecular formula is C10H5BrClN3O2S. The predicted molar refractivity (Wildman–Crippen MR) is 72.0 cm³/mol. The molecular weight excluding hydrogens is 342 g/mol. The van der Waals surface area contributed by atoms with Gasteiger partial charge in [0, 0.05) is 16.7 Å². The number of pyridine rings is 2. The summed E-state index contributed by atoms with van der Waals surface area (Å²) in [7, 11) is 0. The molecule has 0 fully saturated rings. The molecule has 0 atom stereocenters. The molecule has 92 valence electrons. The van der Waals surface area contributed by atoms with Crippen molar-refractivity contribution in [3.05, 3.63) is 50.2 Å². The number of halogens is 2. The fourth-order valence-corrected chi connectivity index (χ4v) is 2.41. The number of hydrogen-bond acceptors (Lipinski definition) is 5. The Morgan fingerprint density at radius 2 is 2.11 bits per heavy atom. The van der Waals surface area contributed by atoms with Crippen molar-refractivity contribution in [1.29, 1.82) is 0 Å². The first-order valence-corrected chi connectivity index (χ1v) is 6.65. The first-order chi connectivity index (χ1) is 8.54. The van der Waals surface area contributed by atoms with Crippen LogP contribution in [0.25, 0.3) is 0 Å². The molecule has 0 aliphatic heterocycles. The molecule has 0 radical (unpaired) electrons. The van der Waals surface area contributed by atoms with Crippen LogP contribution in [0.4, 0.5) is 5.69 Å². The number of nitrogens with zero attached hydrogens (tertiary/aromatic N) is 3. The average molecular weight is 347 g/mol. The van der Waals surface area contributed by atoms with E-state index in [-0.39, 0.29) is 10.8 Å². The van der Waals surface area contributed by atoms with E-state index in [2.05, 4.69) is 25.9 Å². The van der Waals surface area contributed by atoms with Crippen molar-refractivity contribution in [3.8, 4) is 0 Å². The molecule has 0 N–H and O–H groups in total. The van der Waals surface area contributed by atoms with E-state index in [4.69, 9.17) is 11.6 Å². The molecule has 0 bridgehead atoms. The Bertz CT molecular complexity index is 594. The average Bonchev–Trinajstić information content (AvgIpc) is 2.31. The van der Waals surface area contributed by atoms with Crippen molar-refractivity contribution >= 4 is 45.0 Å². The molecule has 18 heavy (non-hydrogen) atoms. The van der Waals surface area contributed by atoms with Gasteiger partial charge in [-0.15, -0.1) is 0 Å². The maximum atomic E-state index is 10.7. The smallest absolute Gasteiger partial charge is 0.258 e. The summed E-state index contributed by atoms with van der Waals surface area (Å²) < 4.78 is 0.858. The third kappa shape index (κ3) is 3.41. The Labute approximate surface area is 120 Å². The van der Waals surface area contributed by atoms with Crippen molar-refractivity contribution in [2.45, 2.75) is 10.1 Å². The van der Waals surface area contributed by atoms with Crippen LogP contribution >= 0.6 is 39.3 Å². The Kier molecular flexibility index (Phi) is 4.15. The van der Waals surface area contributed by atoms with Gasteiger partial charge in [0.25, 0.3) is 5.69 Å². The predicted octanol–water partition coefficient (Wildman–Crippen LogP) is 3.95. The molecule has 0 saturated carbocycles. The van der Waals surface area contributed by atoms with Crippen LogP contribution in [0.5, 0.6) is 0 Å². The minimum atomic E-state index is -0.507. The van der Waals surface area contributed by atoms with Crippen molar-refractivity contribution in [3.63, 3.8) is 0 Å². The van der Waals surface area contributed by atoms with E-state index in [1.165, 1.54) is 23.9 Å². The van der Waals surface area contributed by atoms with Gasteiger partial charge in [0.1, 0.15) is 15.2 Å². The van der Waals surface area contributed by atoms with Crippen LogP contribution in [-0.4, -0.2) is 14.9 Å². The summed E-state index contributed by atoms with van der Waals surface area (Å²) in [6.07, 6.45) is 1.64. The largest absolute Gasteiger partial charge is 0.275 e. The summed E-state index contributed by atoms with van der Waals surface area (Å²) in [4.78, 5) is 18.3. The standard InChI is InChI=1S/C10H5BrClN3O2S/c11-6-1-2-9(13-5-6)18-10-4-7(15(16)17)3-8(12)14-10/h1-5H. The minimum absolute atomic E-state index is 0.0869. The van der Waals surface area contributed by atoms with Crippen molar-refractivity contribution in [1.82, 2.24) is 9.97 Å². The fraction of sp³-hybridized carbons (Fsp3) is 0. The summed E-state index contributed by atoms with van der Waals surface area (Å²) in [6, 6.07) is 6.18. The highest BCUT2D eigenvalue weighted by Gasteiger charge is 2.11. The van der Waals surface area contributed by atoms with Crippen LogP contribution in [0.1, 0.15) is 0 Å². The summed E-state index contributed by atoms with van der Waals surface area (Å²) in [5.74, 6) is 0. The molecule has 0 aromatic carbocycles. The Hall–Kier alpha value is -1.18. The monoisotopic (exact) mass is 345 g/mol. The summed E-state index contributed by atoms with van der Waals surface area (Å²) in [5, 5.41) is 11.9. The molecule has 0 aliphatic carbocycles. The second-order valence-corrected chi connectivity index (χ2v) is 5.50. The minimum Gasteiger partial charge on any atom is -0.258 e. The van der Waals surface area contributed by atoms with Gasteiger partial charge in [0.05, 0.1) is 11.0 Å². The number of nitro groups is 1. The van der Waals surface area contributed by atoms with E-state index in [9.17, 15) is 10.1 Å². The number of rotatable bonds is 3. The van der Waals surface area contributed by atoms with Crippen LogP contribution in [-0.2, 0) is 0 Å². The molecule has 0 aliphatic rings. The van der Waals surface area contributed by atoms with Crippen LogP contribution in [0.3, 0.4) is 0 Å². The van der Waals surface area contributed by atoms with Gasteiger partial charge >= 0.3 is 0 Å². The lowest BCUT2D eigenvalue weighted by Gasteiger charge is -2.01. The molecule has 2 aromatic rings. The van der Waals surface area contributed by atoms with Crippen LogP contribution in [0, 0.1) is 10.1 Å². The van der Waals surface area contributed by atoms with E-state index in [0.29, 0.717) is 10.1 Å². The zero-order valence-electron chi connectivity index (χ0n) is 8.71. The van der Waals surface area contributed by atoms with Crippen molar-refractivity contribution in [2.75, 3.05) is 0 Å². The summed E-state index contributed by atoms with van der Waals surface area (Å²) in [6.45, 7) is 0. The topological polar surface area (TPSA) is 68.9 Å². The number of aromatic nitrogens is 2. The van der Waals surface area contributed by atoms with Crippen molar-refractivity contribution < 1.29 is 4.92 Å². The molecule has 0 saturated heterocycles. The van der Waals surface area contributed by atoms with E-state index in [0.717, 1.165) is 4.47 Å². The summed E-state index contributed by atoms with van der Waals surface area (Å²) in [5.41, 5.74) is -0.0883. The lowest BCUT2D eigenvalue weighted by Crippen LogP contribution is -1.91. The molecule has 8 heteroatoms. The highest BCUT2D eigenvalue weighted by Crippen LogP contribution is 2.29. The van der Waals surface area contributed by atoms with Gasteiger partial charge in [-0.2, -0.15) is 0 Å². The molecule has 0 unspecified atom stereocenters. The Morgan fingerprint density at radius 3 is 2.72 bits per heavy atom. The van der Waals surface area contributed by atoms with Gasteiger partial charge in [-0.05, 0) is 39.8 Å². The lowest BCUT2D eigenvalue weighted by molar-refractivity contribution is -0.385. The molecule has 0 amide bonds. The maximum absolute atomic E-state index is 10.7. The van der Waals surface area contributed by atoms with Crippen LogP contribution in [0.15, 0.2) is 45.0 Å². The lowest BCUT2D eigenvalue weighted by atomic mass is 10.4. The SMILES string of the molecule is O=[N+]([O-])c1cc(Cl)nc(Sc2ccc(Br)cn2)c1. The molecule has 2 rings (SSSR count). The third-order valence-electron chi connectivity index (χ3n) is 1.88. The van der Waals surface area contributed by atoms with Crippen molar-refractivity contribution in [2.24, 2.45) is 0 Å². The van der Waals surface area contributed by atoms with Gasteiger partial charge in [0.2, 0.25) is 0 Å². The first-order valence-electron chi connectivity index (χ1n) is 4.66. The molecule has 2 aromatic heterocycles. The zero-order chi connectivity index (χ0) is 13.1. The maximum Gasteiger partial charge on any atom is 0.275 e. The molecule has 5 nitrogen and oxygen atoms in total. The second kappa shape index (κ2) is 5.64. The normalized spacial score (nSPS) is 10.3. The van der Waals surface area contributed by atoms with Gasteiger partial charge < -0.3 is 0 Å². The van der Waals surface area contributed by atoms with Crippen LogP contribution in [0.2, 0.25) is 5.15 Å². The van der Waals surface area contributed by atoms with Crippen LogP contribution < -0.4 is 0 Å². The van der Waals surface area contributed by atoms with Gasteiger partial charge in [-0.1, -0.05) is 11.6 Å². The third-order valence-corrected chi connectivity index (χ3v) is 3.41. The Morgan fingerprint density at radius 1 is 1.33 bits per heavy atom. The first kappa shape index (κ1) is 13.3. The summed E-state index contributed by atoms with van der Waals surface area (Å²) >= 11 is 10.2. The van der Waals surface area contributed by atoms with Gasteiger partial charge in [0.15, 0.2) is 0 Å². The highest BCUT2D eigenvalue weighted by molar-refractivity contribution is 9.10. The fourth-order valence-electron chi connectivity index (χ4n) is 1.15. The highest BCUT2D eigenvalue weighted by atomic mass is 79.9. The molecule has 2 heterocycles. The van der Waals surface area contributed by atoms with E-state index in [1.807, 2.05) is 6.07 Å². The molecule has 0 spiro atoms. The van der Waals surface area contributed by atoms with E-state index in [1.54, 1.807) is 12.3 Å². The Balaban J connectivity index is 2.28. The van der Waals surface area contributed by atoms with Gasteiger partial charge in [-0.25, -0.2) is 9.97 Å². The van der Waals surface area contributed by atoms with E-state index < -0.39 is 4.92 Å². The quantitative estimate of drug-likeness (QED) is 0.478. The zero-order valence-corrected chi connectivity index (χ0v) is 11.9. The van der Waals surface area contributed by atoms with Gasteiger partial charge in [-0.3, -0.25) is 10.1 Å². The second-order valence-electron chi connectivity index (χ2n) is 3.16.